The third-order valence-electron chi connectivity index (χ3n) is 4.37. The van der Waals surface area contributed by atoms with E-state index in [4.69, 9.17) is 4.74 Å². The Bertz CT molecular complexity index is 1190. The van der Waals surface area contributed by atoms with Crippen LogP contribution >= 0.6 is 0 Å². The SMILES string of the molecule is Cc1cccc(NC(=O)COc2ccccc2/C=C(\C#N)C(=O)Nc2ccc(O)cc2)c1. The lowest BCUT2D eigenvalue weighted by Crippen LogP contribution is -2.20. The zero-order valence-corrected chi connectivity index (χ0v) is 17.3. The summed E-state index contributed by atoms with van der Waals surface area (Å²) in [6, 6.07) is 22.0. The summed E-state index contributed by atoms with van der Waals surface area (Å²) in [7, 11) is 0. The molecule has 0 saturated carbocycles. The smallest absolute Gasteiger partial charge is 0.266 e. The largest absolute Gasteiger partial charge is 0.508 e. The number of hydrogen-bond donors (Lipinski definition) is 3. The highest BCUT2D eigenvalue weighted by atomic mass is 16.5. The van der Waals surface area contributed by atoms with E-state index in [9.17, 15) is 20.0 Å². The number of aryl methyl sites for hydroxylation is 1. The number of phenolic OH excluding ortho intramolecular Hbond substituents is 1. The predicted molar refractivity (Wildman–Crippen MR) is 122 cm³/mol. The molecule has 160 valence electrons. The van der Waals surface area contributed by atoms with Gasteiger partial charge in [-0.3, -0.25) is 9.59 Å². The summed E-state index contributed by atoms with van der Waals surface area (Å²) in [5, 5.41) is 24.1. The van der Waals surface area contributed by atoms with Crippen LogP contribution in [-0.2, 0) is 9.59 Å². The van der Waals surface area contributed by atoms with Gasteiger partial charge in [0.05, 0.1) is 0 Å². The van der Waals surface area contributed by atoms with Gasteiger partial charge in [-0.1, -0.05) is 30.3 Å². The maximum absolute atomic E-state index is 12.5. The van der Waals surface area contributed by atoms with Gasteiger partial charge in [0.1, 0.15) is 23.1 Å². The van der Waals surface area contributed by atoms with Gasteiger partial charge in [0, 0.05) is 16.9 Å². The molecule has 0 radical (unpaired) electrons. The van der Waals surface area contributed by atoms with Gasteiger partial charge >= 0.3 is 0 Å². The van der Waals surface area contributed by atoms with E-state index in [2.05, 4.69) is 10.6 Å². The van der Waals surface area contributed by atoms with Gasteiger partial charge in [-0.25, -0.2) is 0 Å². The van der Waals surface area contributed by atoms with E-state index in [-0.39, 0.29) is 23.8 Å². The number of carbonyl (C=O) groups is 2. The molecule has 32 heavy (non-hydrogen) atoms. The average molecular weight is 427 g/mol. The summed E-state index contributed by atoms with van der Waals surface area (Å²) in [4.78, 5) is 24.7. The number of amides is 2. The number of hydrogen-bond acceptors (Lipinski definition) is 5. The first-order valence-electron chi connectivity index (χ1n) is 9.75. The van der Waals surface area contributed by atoms with Gasteiger partial charge < -0.3 is 20.5 Å². The van der Waals surface area contributed by atoms with Gasteiger partial charge in [-0.15, -0.1) is 0 Å². The summed E-state index contributed by atoms with van der Waals surface area (Å²) in [6.45, 7) is 1.69. The molecule has 3 N–H and O–H groups in total. The van der Waals surface area contributed by atoms with E-state index in [0.717, 1.165) is 5.56 Å². The minimum absolute atomic E-state index is 0.0663. The second-order valence-corrected chi connectivity index (χ2v) is 6.91. The number of para-hydroxylation sites is 1. The zero-order chi connectivity index (χ0) is 22.9. The molecule has 3 rings (SSSR count). The van der Waals surface area contributed by atoms with Crippen LogP contribution in [0, 0.1) is 18.3 Å². The number of carbonyl (C=O) groups excluding carboxylic acids is 2. The van der Waals surface area contributed by atoms with Crippen molar-refractivity contribution in [3.8, 4) is 17.6 Å². The van der Waals surface area contributed by atoms with Crippen molar-refractivity contribution in [2.45, 2.75) is 6.92 Å². The molecule has 0 bridgehead atoms. The van der Waals surface area contributed by atoms with Crippen LogP contribution in [0.15, 0.2) is 78.4 Å². The van der Waals surface area contributed by atoms with Crippen LogP contribution in [0.3, 0.4) is 0 Å². The number of nitriles is 1. The van der Waals surface area contributed by atoms with Gasteiger partial charge in [-0.05, 0) is 61.0 Å². The maximum Gasteiger partial charge on any atom is 0.266 e. The molecular weight excluding hydrogens is 406 g/mol. The van der Waals surface area contributed by atoms with Gasteiger partial charge in [0.2, 0.25) is 0 Å². The quantitative estimate of drug-likeness (QED) is 0.296. The Morgan fingerprint density at radius 2 is 1.75 bits per heavy atom. The van der Waals surface area contributed by atoms with Crippen molar-refractivity contribution < 1.29 is 19.4 Å². The van der Waals surface area contributed by atoms with Gasteiger partial charge in [0.25, 0.3) is 11.8 Å². The number of nitrogens with one attached hydrogen (secondary N) is 2. The fraction of sp³-hybridized carbons (Fsp3) is 0.0800. The summed E-state index contributed by atoms with van der Waals surface area (Å²) < 4.78 is 5.63. The molecule has 0 aliphatic heterocycles. The van der Waals surface area contributed by atoms with Crippen LogP contribution in [0.25, 0.3) is 6.08 Å². The highest BCUT2D eigenvalue weighted by Gasteiger charge is 2.12. The van der Waals surface area contributed by atoms with Crippen molar-refractivity contribution in [1.29, 1.82) is 5.26 Å². The number of rotatable bonds is 7. The molecule has 0 heterocycles. The predicted octanol–water partition coefficient (Wildman–Crippen LogP) is 4.26. The van der Waals surface area contributed by atoms with Crippen LogP contribution in [-0.4, -0.2) is 23.5 Å². The van der Waals surface area contributed by atoms with Crippen molar-refractivity contribution in [2.75, 3.05) is 17.2 Å². The number of anilines is 2. The van der Waals surface area contributed by atoms with Crippen molar-refractivity contribution in [2.24, 2.45) is 0 Å². The first-order chi connectivity index (χ1) is 15.4. The minimum atomic E-state index is -0.606. The molecule has 2 amide bonds. The first kappa shape index (κ1) is 22.1. The molecule has 0 spiro atoms. The Morgan fingerprint density at radius 1 is 1.00 bits per heavy atom. The fourth-order valence-corrected chi connectivity index (χ4v) is 2.84. The van der Waals surface area contributed by atoms with Crippen LogP contribution in [0.5, 0.6) is 11.5 Å². The molecule has 0 saturated heterocycles. The molecule has 3 aromatic rings. The van der Waals surface area contributed by atoms with E-state index < -0.39 is 5.91 Å². The topological polar surface area (TPSA) is 111 Å². The van der Waals surface area contributed by atoms with E-state index in [1.807, 2.05) is 31.2 Å². The van der Waals surface area contributed by atoms with Crippen LogP contribution in [0.4, 0.5) is 11.4 Å². The Balaban J connectivity index is 1.69. The number of ether oxygens (including phenoxy) is 1. The highest BCUT2D eigenvalue weighted by molar-refractivity contribution is 6.09. The highest BCUT2D eigenvalue weighted by Crippen LogP contribution is 2.22. The fourth-order valence-electron chi connectivity index (χ4n) is 2.84. The molecule has 0 aliphatic carbocycles. The summed E-state index contributed by atoms with van der Waals surface area (Å²) in [5.74, 6) is -0.515. The Hall–Kier alpha value is -4.57. The first-order valence-corrected chi connectivity index (χ1v) is 9.75. The van der Waals surface area contributed by atoms with E-state index in [1.165, 1.54) is 30.3 Å². The third kappa shape index (κ3) is 6.21. The summed E-state index contributed by atoms with van der Waals surface area (Å²) in [6.07, 6.45) is 1.39. The van der Waals surface area contributed by atoms with Crippen LogP contribution < -0.4 is 15.4 Å². The molecule has 0 unspecified atom stereocenters. The van der Waals surface area contributed by atoms with E-state index >= 15 is 0 Å². The third-order valence-corrected chi connectivity index (χ3v) is 4.37. The van der Waals surface area contributed by atoms with Crippen molar-refractivity contribution in [3.05, 3.63) is 89.5 Å². The zero-order valence-electron chi connectivity index (χ0n) is 17.3. The minimum Gasteiger partial charge on any atom is -0.508 e. The Labute approximate surface area is 185 Å². The molecule has 0 aliphatic rings. The summed E-state index contributed by atoms with van der Waals surface area (Å²) >= 11 is 0. The molecule has 7 nitrogen and oxygen atoms in total. The molecular formula is C25H21N3O4. The number of aromatic hydroxyl groups is 1. The second kappa shape index (κ2) is 10.5. The number of phenols is 1. The summed E-state index contributed by atoms with van der Waals surface area (Å²) in [5.41, 5.74) is 2.47. The molecule has 0 fully saturated rings. The van der Waals surface area contributed by atoms with Gasteiger partial charge in [0.15, 0.2) is 6.61 Å². The number of nitrogens with zero attached hydrogens (tertiary/aromatic N) is 1. The maximum atomic E-state index is 12.5. The molecule has 7 heteroatoms. The van der Waals surface area contributed by atoms with Crippen molar-refractivity contribution >= 4 is 29.3 Å². The van der Waals surface area contributed by atoms with E-state index in [1.54, 1.807) is 30.3 Å². The Kier molecular flexibility index (Phi) is 7.23. The van der Waals surface area contributed by atoms with Crippen LogP contribution in [0.1, 0.15) is 11.1 Å². The second-order valence-electron chi connectivity index (χ2n) is 6.91. The average Bonchev–Trinajstić information content (AvgIpc) is 2.78. The molecule has 0 atom stereocenters. The number of benzene rings is 3. The van der Waals surface area contributed by atoms with Crippen LogP contribution in [0.2, 0.25) is 0 Å². The lowest BCUT2D eigenvalue weighted by atomic mass is 10.1. The normalized spacial score (nSPS) is 10.7. The van der Waals surface area contributed by atoms with Gasteiger partial charge in [-0.2, -0.15) is 5.26 Å². The standard InChI is InChI=1S/C25H21N3O4/c1-17-5-4-7-21(13-17)27-24(30)16-32-23-8-3-2-6-18(23)14-19(15-26)25(31)28-20-9-11-22(29)12-10-20/h2-14,29H,16H2,1H3,(H,27,30)(H,28,31)/b19-14+. The monoisotopic (exact) mass is 427 g/mol. The van der Waals surface area contributed by atoms with Crippen molar-refractivity contribution in [1.82, 2.24) is 0 Å². The molecule has 3 aromatic carbocycles. The van der Waals surface area contributed by atoms with E-state index in [0.29, 0.717) is 22.7 Å². The lowest BCUT2D eigenvalue weighted by molar-refractivity contribution is -0.118. The molecule has 0 aromatic heterocycles. The Morgan fingerprint density at radius 3 is 2.47 bits per heavy atom. The van der Waals surface area contributed by atoms with Crippen molar-refractivity contribution in [3.63, 3.8) is 0 Å². The lowest BCUT2D eigenvalue weighted by Gasteiger charge is -2.10.